The summed E-state index contributed by atoms with van der Waals surface area (Å²) >= 11 is 1.14. The summed E-state index contributed by atoms with van der Waals surface area (Å²) in [6.07, 6.45) is 0.920. The fourth-order valence-electron chi connectivity index (χ4n) is 2.02. The molecule has 1 aromatic rings. The smallest absolute Gasteiger partial charge is 0.313 e. The van der Waals surface area contributed by atoms with E-state index in [0.29, 0.717) is 17.6 Å². The van der Waals surface area contributed by atoms with Crippen LogP contribution in [0.1, 0.15) is 6.42 Å². The van der Waals surface area contributed by atoms with Crippen molar-refractivity contribution < 1.29 is 14.6 Å². The van der Waals surface area contributed by atoms with E-state index in [0.717, 1.165) is 51.0 Å². The number of hydrogen-bond donors (Lipinski definition) is 2. The molecule has 1 aliphatic rings. The van der Waals surface area contributed by atoms with E-state index in [1.165, 1.54) is 0 Å². The van der Waals surface area contributed by atoms with E-state index < -0.39 is 5.97 Å². The summed E-state index contributed by atoms with van der Waals surface area (Å²) in [7, 11) is 0. The number of carboxylic acid groups (broad SMARTS) is 1. The molecule has 0 atom stereocenters. The lowest BCUT2D eigenvalue weighted by Crippen LogP contribution is -2.37. The fraction of sp³-hybridized carbons (Fsp3) is 0.727. The number of nitrogen functional groups attached to an aromatic ring is 1. The number of thioether (sulfide) groups is 1. The summed E-state index contributed by atoms with van der Waals surface area (Å²) in [5, 5.41) is 17.0. The number of nitrogens with zero attached hydrogens (tertiary/aromatic N) is 4. The van der Waals surface area contributed by atoms with Gasteiger partial charge in [0, 0.05) is 26.2 Å². The van der Waals surface area contributed by atoms with E-state index in [1.807, 2.05) is 0 Å². The number of carbonyl (C=O) groups is 1. The van der Waals surface area contributed by atoms with Crippen molar-refractivity contribution in [2.24, 2.45) is 0 Å². The number of hydrogen-bond acceptors (Lipinski definition) is 7. The number of rotatable bonds is 7. The Balaban J connectivity index is 1.81. The molecular weight excluding hydrogens is 282 g/mol. The minimum atomic E-state index is -0.878. The van der Waals surface area contributed by atoms with Crippen molar-refractivity contribution in [3.8, 4) is 0 Å². The summed E-state index contributed by atoms with van der Waals surface area (Å²) in [6.45, 7) is 5.14. The predicted molar refractivity (Wildman–Crippen MR) is 74.7 cm³/mol. The largest absolute Gasteiger partial charge is 0.481 e. The lowest BCUT2D eigenvalue weighted by Gasteiger charge is -2.26. The molecule has 1 saturated heterocycles. The van der Waals surface area contributed by atoms with Crippen molar-refractivity contribution in [1.82, 2.24) is 19.7 Å². The molecule has 2 rings (SSSR count). The molecule has 0 amide bonds. The molecule has 112 valence electrons. The molecule has 8 nitrogen and oxygen atoms in total. The van der Waals surface area contributed by atoms with E-state index >= 15 is 0 Å². The maximum Gasteiger partial charge on any atom is 0.313 e. The van der Waals surface area contributed by atoms with Gasteiger partial charge >= 0.3 is 5.97 Å². The molecule has 1 fully saturated rings. The van der Waals surface area contributed by atoms with Crippen LogP contribution in [0, 0.1) is 0 Å². The second-order valence-electron chi connectivity index (χ2n) is 4.48. The van der Waals surface area contributed by atoms with Crippen molar-refractivity contribution in [3.05, 3.63) is 0 Å². The number of aromatic nitrogens is 3. The van der Waals surface area contributed by atoms with Gasteiger partial charge in [-0.2, -0.15) is 0 Å². The molecular formula is C11H19N5O3S. The van der Waals surface area contributed by atoms with Crippen LogP contribution in [0.2, 0.25) is 0 Å². The highest BCUT2D eigenvalue weighted by Gasteiger charge is 2.13. The first-order valence-electron chi connectivity index (χ1n) is 6.50. The van der Waals surface area contributed by atoms with E-state index in [1.54, 1.807) is 4.57 Å². The third-order valence-electron chi connectivity index (χ3n) is 3.03. The second kappa shape index (κ2) is 7.46. The van der Waals surface area contributed by atoms with Crippen molar-refractivity contribution in [1.29, 1.82) is 0 Å². The Morgan fingerprint density at radius 1 is 1.35 bits per heavy atom. The molecule has 0 aromatic carbocycles. The molecule has 1 aliphatic heterocycles. The maximum atomic E-state index is 10.6. The van der Waals surface area contributed by atoms with Crippen molar-refractivity contribution in [2.45, 2.75) is 18.1 Å². The first-order chi connectivity index (χ1) is 9.66. The third-order valence-corrected chi connectivity index (χ3v) is 3.98. The number of ether oxygens (including phenoxy) is 1. The summed E-state index contributed by atoms with van der Waals surface area (Å²) in [6, 6.07) is 0. The van der Waals surface area contributed by atoms with Crippen LogP contribution >= 0.6 is 11.8 Å². The Hall–Kier alpha value is -1.32. The number of anilines is 1. The highest BCUT2D eigenvalue weighted by Crippen LogP contribution is 2.18. The number of nitrogens with two attached hydrogens (primary N) is 1. The average molecular weight is 301 g/mol. The van der Waals surface area contributed by atoms with Crippen LogP contribution in [-0.2, 0) is 16.1 Å². The summed E-state index contributed by atoms with van der Waals surface area (Å²) in [5.41, 5.74) is 5.76. The Labute approximate surface area is 121 Å². The third kappa shape index (κ3) is 4.36. The fourth-order valence-corrected chi connectivity index (χ4v) is 2.71. The molecule has 3 N–H and O–H groups in total. The SMILES string of the molecule is Nc1nnc(SCC(=O)O)n1CCCN1CCOCC1. The Morgan fingerprint density at radius 3 is 2.80 bits per heavy atom. The Bertz CT molecular complexity index is 447. The van der Waals surface area contributed by atoms with Crippen LogP contribution in [0.15, 0.2) is 5.16 Å². The van der Waals surface area contributed by atoms with Gasteiger partial charge < -0.3 is 15.6 Å². The van der Waals surface area contributed by atoms with Gasteiger partial charge in [0.05, 0.1) is 19.0 Å². The van der Waals surface area contributed by atoms with Crippen molar-refractivity contribution in [3.63, 3.8) is 0 Å². The summed E-state index contributed by atoms with van der Waals surface area (Å²) < 4.78 is 7.07. The summed E-state index contributed by atoms with van der Waals surface area (Å²) in [4.78, 5) is 12.9. The monoisotopic (exact) mass is 301 g/mol. The van der Waals surface area contributed by atoms with Crippen LogP contribution in [0.25, 0.3) is 0 Å². The molecule has 0 radical (unpaired) electrons. The van der Waals surface area contributed by atoms with Gasteiger partial charge in [-0.15, -0.1) is 10.2 Å². The lowest BCUT2D eigenvalue weighted by molar-refractivity contribution is -0.133. The molecule has 0 unspecified atom stereocenters. The first kappa shape index (κ1) is 15.1. The number of carboxylic acids is 1. The molecule has 0 spiro atoms. The van der Waals surface area contributed by atoms with Gasteiger partial charge in [0.1, 0.15) is 0 Å². The van der Waals surface area contributed by atoms with Gasteiger partial charge in [0.15, 0.2) is 5.16 Å². The predicted octanol–water partition coefficient (Wildman–Crippen LogP) is -0.241. The van der Waals surface area contributed by atoms with Crippen LogP contribution in [0.5, 0.6) is 0 Å². The van der Waals surface area contributed by atoms with Crippen molar-refractivity contribution >= 4 is 23.7 Å². The standard InChI is InChI=1S/C11H19N5O3S/c12-10-13-14-11(20-8-9(17)18)16(10)3-1-2-15-4-6-19-7-5-15/h1-8H2,(H2,12,13)(H,17,18). The number of aliphatic carboxylic acids is 1. The van der Waals surface area contributed by atoms with Gasteiger partial charge in [-0.05, 0) is 6.42 Å². The molecule has 9 heteroatoms. The van der Waals surface area contributed by atoms with Crippen LogP contribution in [-0.4, -0.2) is 69.3 Å². The molecule has 0 aliphatic carbocycles. The normalized spacial score (nSPS) is 16.4. The van der Waals surface area contributed by atoms with Gasteiger partial charge in [0.2, 0.25) is 5.95 Å². The number of morpholine rings is 1. The zero-order valence-corrected chi connectivity index (χ0v) is 12.0. The van der Waals surface area contributed by atoms with Gasteiger partial charge in [0.25, 0.3) is 0 Å². The quantitative estimate of drug-likeness (QED) is 0.665. The second-order valence-corrected chi connectivity index (χ2v) is 5.42. The minimum absolute atomic E-state index is 0.0401. The van der Waals surface area contributed by atoms with E-state index in [-0.39, 0.29) is 5.75 Å². The first-order valence-corrected chi connectivity index (χ1v) is 7.49. The topological polar surface area (TPSA) is 106 Å². The van der Waals surface area contributed by atoms with E-state index in [2.05, 4.69) is 15.1 Å². The molecule has 1 aromatic heterocycles. The Morgan fingerprint density at radius 2 is 2.10 bits per heavy atom. The maximum absolute atomic E-state index is 10.6. The lowest BCUT2D eigenvalue weighted by atomic mass is 10.3. The molecule has 20 heavy (non-hydrogen) atoms. The zero-order chi connectivity index (χ0) is 14.4. The van der Waals surface area contributed by atoms with Crippen LogP contribution in [0.3, 0.4) is 0 Å². The molecule has 0 saturated carbocycles. The zero-order valence-electron chi connectivity index (χ0n) is 11.2. The van der Waals surface area contributed by atoms with Crippen LogP contribution in [0.4, 0.5) is 5.95 Å². The summed E-state index contributed by atoms with van der Waals surface area (Å²) in [5.74, 6) is -0.585. The van der Waals surface area contributed by atoms with Crippen LogP contribution < -0.4 is 5.73 Å². The van der Waals surface area contributed by atoms with Gasteiger partial charge in [-0.1, -0.05) is 11.8 Å². The minimum Gasteiger partial charge on any atom is -0.481 e. The highest BCUT2D eigenvalue weighted by molar-refractivity contribution is 7.99. The van der Waals surface area contributed by atoms with E-state index in [4.69, 9.17) is 15.6 Å². The highest BCUT2D eigenvalue weighted by atomic mass is 32.2. The average Bonchev–Trinajstić information content (AvgIpc) is 2.79. The van der Waals surface area contributed by atoms with Gasteiger partial charge in [-0.3, -0.25) is 14.3 Å². The van der Waals surface area contributed by atoms with Crippen molar-refractivity contribution in [2.75, 3.05) is 44.3 Å². The van der Waals surface area contributed by atoms with E-state index in [9.17, 15) is 4.79 Å². The Kier molecular flexibility index (Phi) is 5.62. The molecule has 2 heterocycles. The molecule has 0 bridgehead atoms. The van der Waals surface area contributed by atoms with Gasteiger partial charge in [-0.25, -0.2) is 0 Å².